The maximum Gasteiger partial charge on any atom is 0.179 e. The predicted molar refractivity (Wildman–Crippen MR) is 129 cm³/mol. The van der Waals surface area contributed by atoms with Crippen molar-refractivity contribution in [2.75, 3.05) is 13.1 Å². The number of rotatable bonds is 3. The van der Waals surface area contributed by atoms with Crippen LogP contribution >= 0.6 is 0 Å². The maximum atomic E-state index is 10.7. The van der Waals surface area contributed by atoms with Gasteiger partial charge in [-0.25, -0.2) is 0 Å². The number of benzene rings is 2. The van der Waals surface area contributed by atoms with E-state index in [1.807, 2.05) is 23.1 Å². The van der Waals surface area contributed by atoms with Crippen LogP contribution in [0.4, 0.5) is 0 Å². The summed E-state index contributed by atoms with van der Waals surface area (Å²) in [6, 6.07) is 18.7. The van der Waals surface area contributed by atoms with Crippen molar-refractivity contribution in [2.24, 2.45) is 17.8 Å². The highest BCUT2D eigenvalue weighted by atomic mass is 16.5. The molecule has 3 aromatic rings. The van der Waals surface area contributed by atoms with Gasteiger partial charge in [0.05, 0.1) is 18.8 Å². The Hall–Kier alpha value is -2.81. The van der Waals surface area contributed by atoms with E-state index in [0.717, 1.165) is 49.0 Å². The van der Waals surface area contributed by atoms with Gasteiger partial charge < -0.3 is 19.7 Å². The second kappa shape index (κ2) is 9.59. The molecule has 1 aromatic heterocycles. The molecular weight excluding hydrogens is 410 g/mol. The Kier molecular flexibility index (Phi) is 6.39. The predicted octanol–water partition coefficient (Wildman–Crippen LogP) is 5.18. The number of nitriles is 1. The molecule has 0 spiro atoms. The number of aliphatic hydroxyl groups is 1. The van der Waals surface area contributed by atoms with Gasteiger partial charge >= 0.3 is 0 Å². The van der Waals surface area contributed by atoms with E-state index in [4.69, 9.17) is 4.74 Å². The van der Waals surface area contributed by atoms with Crippen LogP contribution in [0.2, 0.25) is 0 Å². The van der Waals surface area contributed by atoms with Gasteiger partial charge in [-0.05, 0) is 60.6 Å². The van der Waals surface area contributed by atoms with E-state index in [-0.39, 0.29) is 18.1 Å². The molecule has 1 fully saturated rings. The smallest absolute Gasteiger partial charge is 0.179 e. The normalized spacial score (nSPS) is 28.0. The van der Waals surface area contributed by atoms with Crippen molar-refractivity contribution in [1.29, 1.82) is 5.26 Å². The minimum absolute atomic E-state index is 0.0820. The standard InChI is InChI=1S/C28H33N3O2/c1-19-24-15-27(33-17-20-7-3-2-4-8-20)28-23(22-9-5-6-10-25(22)30-28)13-14-31(18-29)16-21(24)11-12-26(19)32/h2-10,19,21,24,26-27,30,32H,11-17H2,1H3/t19-,21+,24-,26+,27-/m1/s1. The van der Waals surface area contributed by atoms with Crippen LogP contribution in [0, 0.1) is 29.2 Å². The minimum Gasteiger partial charge on any atom is -0.393 e. The Balaban J connectivity index is 1.55. The highest BCUT2D eigenvalue weighted by molar-refractivity contribution is 5.84. The van der Waals surface area contributed by atoms with E-state index in [9.17, 15) is 10.4 Å². The Morgan fingerprint density at radius 2 is 1.91 bits per heavy atom. The third-order valence-electron chi connectivity index (χ3n) is 7.90. The van der Waals surface area contributed by atoms with Crippen molar-refractivity contribution < 1.29 is 9.84 Å². The summed E-state index contributed by atoms with van der Waals surface area (Å²) in [7, 11) is 0. The first-order valence-corrected chi connectivity index (χ1v) is 12.2. The average Bonchev–Trinajstić information content (AvgIpc) is 3.22. The zero-order valence-electron chi connectivity index (χ0n) is 19.3. The Morgan fingerprint density at radius 1 is 1.12 bits per heavy atom. The molecule has 2 aromatic carbocycles. The lowest BCUT2D eigenvalue weighted by Crippen LogP contribution is -2.42. The van der Waals surface area contributed by atoms with Crippen molar-refractivity contribution in [3.63, 3.8) is 0 Å². The Morgan fingerprint density at radius 3 is 2.73 bits per heavy atom. The number of hydrogen-bond donors (Lipinski definition) is 2. The second-order valence-corrected chi connectivity index (χ2v) is 9.81. The molecule has 172 valence electrons. The molecule has 0 amide bonds. The van der Waals surface area contributed by atoms with E-state index >= 15 is 0 Å². The summed E-state index contributed by atoms with van der Waals surface area (Å²) >= 11 is 0. The quantitative estimate of drug-likeness (QED) is 0.547. The summed E-state index contributed by atoms with van der Waals surface area (Å²) in [5.41, 5.74) is 4.67. The number of aliphatic hydroxyl groups excluding tert-OH is 1. The summed E-state index contributed by atoms with van der Waals surface area (Å²) in [6.45, 7) is 4.20. The number of hydrogen-bond acceptors (Lipinski definition) is 4. The van der Waals surface area contributed by atoms with Gasteiger partial charge in [0.2, 0.25) is 0 Å². The number of fused-ring (bicyclic) bond motifs is 4. The lowest BCUT2D eigenvalue weighted by molar-refractivity contribution is -0.0411. The molecule has 5 atom stereocenters. The molecular formula is C28H33N3O2. The fourth-order valence-corrected chi connectivity index (χ4v) is 5.97. The largest absolute Gasteiger partial charge is 0.393 e. The number of aromatic nitrogens is 1. The molecule has 5 rings (SSSR count). The third kappa shape index (κ3) is 4.51. The molecule has 0 saturated heterocycles. The summed E-state index contributed by atoms with van der Waals surface area (Å²) in [4.78, 5) is 5.61. The van der Waals surface area contributed by atoms with Crippen molar-refractivity contribution in [1.82, 2.24) is 9.88 Å². The zero-order chi connectivity index (χ0) is 22.8. The fourth-order valence-electron chi connectivity index (χ4n) is 5.97. The van der Waals surface area contributed by atoms with Gasteiger partial charge in [-0.2, -0.15) is 5.26 Å². The summed E-state index contributed by atoms with van der Waals surface area (Å²) in [5, 5.41) is 21.8. The number of ether oxygens (including phenoxy) is 1. The molecule has 33 heavy (non-hydrogen) atoms. The lowest BCUT2D eigenvalue weighted by Gasteiger charge is -2.42. The van der Waals surface area contributed by atoms with E-state index in [1.54, 1.807) is 0 Å². The zero-order valence-corrected chi connectivity index (χ0v) is 19.3. The molecule has 0 bridgehead atoms. The van der Waals surface area contributed by atoms with Crippen LogP contribution in [0.1, 0.15) is 49.1 Å². The lowest BCUT2D eigenvalue weighted by atomic mass is 9.68. The second-order valence-electron chi connectivity index (χ2n) is 9.81. The van der Waals surface area contributed by atoms with Crippen molar-refractivity contribution >= 4 is 10.9 Å². The first-order valence-electron chi connectivity index (χ1n) is 12.2. The monoisotopic (exact) mass is 443 g/mol. The third-order valence-corrected chi connectivity index (χ3v) is 7.90. The van der Waals surface area contributed by atoms with Gasteiger partial charge in [0.1, 0.15) is 0 Å². The first kappa shape index (κ1) is 22.0. The summed E-state index contributed by atoms with van der Waals surface area (Å²) < 4.78 is 6.65. The van der Waals surface area contributed by atoms with Crippen molar-refractivity contribution in [3.8, 4) is 6.19 Å². The van der Waals surface area contributed by atoms with Crippen molar-refractivity contribution in [2.45, 2.75) is 51.4 Å². The molecule has 2 heterocycles. The van der Waals surface area contributed by atoms with Gasteiger partial charge in [0.15, 0.2) is 6.19 Å². The molecule has 1 aliphatic carbocycles. The number of nitrogens with zero attached hydrogens (tertiary/aromatic N) is 2. The topological polar surface area (TPSA) is 72.3 Å². The molecule has 0 radical (unpaired) electrons. The van der Waals surface area contributed by atoms with Gasteiger partial charge in [-0.15, -0.1) is 0 Å². The number of H-pyrrole nitrogens is 1. The van der Waals surface area contributed by atoms with E-state index in [1.165, 1.54) is 10.9 Å². The molecule has 5 heteroatoms. The van der Waals surface area contributed by atoms with Crippen LogP contribution < -0.4 is 0 Å². The first-order chi connectivity index (χ1) is 16.1. The highest BCUT2D eigenvalue weighted by Gasteiger charge is 2.39. The van der Waals surface area contributed by atoms with E-state index in [0.29, 0.717) is 25.0 Å². The van der Waals surface area contributed by atoms with Gasteiger partial charge in [-0.3, -0.25) is 0 Å². The van der Waals surface area contributed by atoms with Crippen LogP contribution in [0.15, 0.2) is 54.6 Å². The highest BCUT2D eigenvalue weighted by Crippen LogP contribution is 2.43. The molecule has 5 nitrogen and oxygen atoms in total. The molecule has 0 unspecified atom stereocenters. The summed E-state index contributed by atoms with van der Waals surface area (Å²) in [6.07, 6.45) is 5.49. The molecule has 2 aliphatic rings. The fraction of sp³-hybridized carbons (Fsp3) is 0.464. The van der Waals surface area contributed by atoms with Gasteiger partial charge in [0, 0.05) is 29.7 Å². The van der Waals surface area contributed by atoms with Crippen LogP contribution in [-0.2, 0) is 17.8 Å². The molecule has 1 aliphatic heterocycles. The van der Waals surface area contributed by atoms with E-state index < -0.39 is 0 Å². The van der Waals surface area contributed by atoms with E-state index in [2.05, 4.69) is 54.5 Å². The maximum absolute atomic E-state index is 10.7. The number of para-hydroxylation sites is 1. The van der Waals surface area contributed by atoms with Gasteiger partial charge in [-0.1, -0.05) is 55.5 Å². The molecule has 1 saturated carbocycles. The average molecular weight is 444 g/mol. The Labute approximate surface area is 196 Å². The van der Waals surface area contributed by atoms with Crippen LogP contribution in [0.25, 0.3) is 10.9 Å². The van der Waals surface area contributed by atoms with Crippen LogP contribution in [0.3, 0.4) is 0 Å². The van der Waals surface area contributed by atoms with Gasteiger partial charge in [0.25, 0.3) is 0 Å². The number of aromatic amines is 1. The van der Waals surface area contributed by atoms with Crippen molar-refractivity contribution in [3.05, 3.63) is 71.4 Å². The molecule has 2 N–H and O–H groups in total. The Bertz CT molecular complexity index is 1120. The number of nitrogens with one attached hydrogen (secondary N) is 1. The SMILES string of the molecule is C[C@@H]1[C@H]2C[C@@H](OCc3ccccc3)c3[nH]c4ccccc4c3CCN(C#N)C[C@@H]2CC[C@@H]1O. The van der Waals surface area contributed by atoms with Crippen LogP contribution in [-0.4, -0.2) is 34.2 Å². The summed E-state index contributed by atoms with van der Waals surface area (Å²) in [5.74, 6) is 0.860. The van der Waals surface area contributed by atoms with Crippen LogP contribution in [0.5, 0.6) is 0 Å². The minimum atomic E-state index is -0.290.